The van der Waals surface area contributed by atoms with Crippen LogP contribution in [-0.2, 0) is 4.74 Å². The summed E-state index contributed by atoms with van der Waals surface area (Å²) < 4.78 is 31.9. The van der Waals surface area contributed by atoms with Crippen molar-refractivity contribution in [2.45, 2.75) is 38.3 Å². The van der Waals surface area contributed by atoms with Crippen LogP contribution in [0.3, 0.4) is 0 Å². The molecule has 1 aliphatic heterocycles. The fraction of sp³-hybridized carbons (Fsp3) is 0.381. The second-order valence-corrected chi connectivity index (χ2v) is 7.41. The van der Waals surface area contributed by atoms with Crippen LogP contribution in [0.4, 0.5) is 13.6 Å². The highest BCUT2D eigenvalue weighted by Gasteiger charge is 2.31. The topological polar surface area (TPSA) is 49.8 Å². The van der Waals surface area contributed by atoms with Gasteiger partial charge in [-0.25, -0.2) is 13.6 Å². The molecule has 1 saturated heterocycles. The first kappa shape index (κ1) is 22.3. The molecule has 152 valence electrons. The lowest BCUT2D eigenvalue weighted by Crippen LogP contribution is -2.43. The third kappa shape index (κ3) is 6.56. The molecule has 7 heteroatoms. The van der Waals surface area contributed by atoms with Gasteiger partial charge in [-0.2, -0.15) is 0 Å². The van der Waals surface area contributed by atoms with Crippen LogP contribution in [0.1, 0.15) is 37.8 Å². The van der Waals surface area contributed by atoms with Gasteiger partial charge in [-0.3, -0.25) is 0 Å². The SMILES string of the molecule is CC(c1ccc(Br)cc1F)N1CCC(CCCO)OC1=O.Fc1ccccc1. The van der Waals surface area contributed by atoms with Gasteiger partial charge >= 0.3 is 6.09 Å². The van der Waals surface area contributed by atoms with E-state index in [1.165, 1.54) is 18.2 Å². The Bertz CT molecular complexity index is 761. The van der Waals surface area contributed by atoms with Gasteiger partial charge in [-0.1, -0.05) is 40.2 Å². The van der Waals surface area contributed by atoms with Crippen molar-refractivity contribution in [2.24, 2.45) is 0 Å². The quantitative estimate of drug-likeness (QED) is 0.651. The number of rotatable bonds is 5. The molecule has 0 aromatic heterocycles. The van der Waals surface area contributed by atoms with Crippen LogP contribution in [0.15, 0.2) is 53.0 Å². The van der Waals surface area contributed by atoms with Gasteiger partial charge in [0.05, 0.1) is 6.04 Å². The van der Waals surface area contributed by atoms with E-state index in [0.717, 1.165) is 0 Å². The summed E-state index contributed by atoms with van der Waals surface area (Å²) in [5, 5.41) is 8.81. The Hall–Kier alpha value is -1.99. The molecule has 2 unspecified atom stereocenters. The number of cyclic esters (lactones) is 1. The number of amides is 1. The number of hydrogen-bond donors (Lipinski definition) is 1. The largest absolute Gasteiger partial charge is 0.446 e. The number of ether oxygens (including phenoxy) is 1. The first-order chi connectivity index (χ1) is 13.4. The maximum absolute atomic E-state index is 14.0. The molecule has 1 N–H and O–H groups in total. The fourth-order valence-corrected chi connectivity index (χ4v) is 3.27. The highest BCUT2D eigenvalue weighted by Crippen LogP contribution is 2.29. The van der Waals surface area contributed by atoms with Gasteiger partial charge in [0.25, 0.3) is 0 Å². The number of aliphatic hydroxyl groups is 1. The monoisotopic (exact) mass is 455 g/mol. The molecule has 28 heavy (non-hydrogen) atoms. The third-order valence-corrected chi connectivity index (χ3v) is 4.98. The minimum atomic E-state index is -0.418. The molecule has 0 bridgehead atoms. The van der Waals surface area contributed by atoms with Crippen LogP contribution in [0.25, 0.3) is 0 Å². The van der Waals surface area contributed by atoms with Crippen molar-refractivity contribution in [1.82, 2.24) is 4.90 Å². The number of aliphatic hydroxyl groups excluding tert-OH is 1. The Morgan fingerprint density at radius 1 is 1.25 bits per heavy atom. The smallest absolute Gasteiger partial charge is 0.410 e. The number of halogens is 3. The van der Waals surface area contributed by atoms with Crippen molar-refractivity contribution >= 4 is 22.0 Å². The molecule has 3 rings (SSSR count). The number of carbonyl (C=O) groups is 1. The second-order valence-electron chi connectivity index (χ2n) is 6.49. The van der Waals surface area contributed by atoms with Crippen LogP contribution in [-0.4, -0.2) is 35.4 Å². The van der Waals surface area contributed by atoms with E-state index < -0.39 is 6.09 Å². The Morgan fingerprint density at radius 2 is 1.96 bits per heavy atom. The van der Waals surface area contributed by atoms with Gasteiger partial charge in [-0.05, 0) is 44.0 Å². The Balaban J connectivity index is 0.000000336. The number of benzene rings is 2. The molecular weight excluding hydrogens is 432 g/mol. The summed E-state index contributed by atoms with van der Waals surface area (Å²) in [6, 6.07) is 12.4. The van der Waals surface area contributed by atoms with E-state index in [0.29, 0.717) is 35.8 Å². The zero-order chi connectivity index (χ0) is 20.5. The standard InChI is InChI=1S/C15H19BrFNO3.C6H5F/c1-10(13-5-4-11(16)9-14(13)17)18-7-6-12(3-2-8-19)21-15(18)20;7-6-4-2-1-3-5-6/h4-5,9-10,12,19H,2-3,6-8H2,1H3;1-5H. The van der Waals surface area contributed by atoms with Gasteiger partial charge < -0.3 is 14.7 Å². The molecule has 1 fully saturated rings. The lowest BCUT2D eigenvalue weighted by atomic mass is 10.0. The van der Waals surface area contributed by atoms with Gasteiger partial charge in [0, 0.05) is 29.6 Å². The predicted molar refractivity (Wildman–Crippen MR) is 107 cm³/mol. The van der Waals surface area contributed by atoms with Gasteiger partial charge in [0.15, 0.2) is 0 Å². The van der Waals surface area contributed by atoms with Crippen molar-refractivity contribution in [2.75, 3.05) is 13.2 Å². The summed E-state index contributed by atoms with van der Waals surface area (Å²) in [6.07, 6.45) is 1.42. The van der Waals surface area contributed by atoms with E-state index >= 15 is 0 Å². The number of hydrogen-bond acceptors (Lipinski definition) is 3. The summed E-state index contributed by atoms with van der Waals surface area (Å²) in [6.45, 7) is 2.42. The summed E-state index contributed by atoms with van der Waals surface area (Å²) in [4.78, 5) is 13.6. The molecule has 0 saturated carbocycles. The Morgan fingerprint density at radius 3 is 2.50 bits per heavy atom. The normalized spacial score (nSPS) is 17.4. The van der Waals surface area contributed by atoms with Crippen molar-refractivity contribution in [3.63, 3.8) is 0 Å². The van der Waals surface area contributed by atoms with Crippen molar-refractivity contribution < 1.29 is 23.4 Å². The third-order valence-electron chi connectivity index (χ3n) is 4.49. The van der Waals surface area contributed by atoms with Crippen molar-refractivity contribution in [1.29, 1.82) is 0 Å². The molecule has 2 atom stereocenters. The summed E-state index contributed by atoms with van der Waals surface area (Å²) in [5.41, 5.74) is 0.476. The molecule has 4 nitrogen and oxygen atoms in total. The first-order valence-corrected chi connectivity index (χ1v) is 9.95. The molecular formula is C21H24BrF2NO3. The Labute approximate surface area is 172 Å². The van der Waals surface area contributed by atoms with E-state index in [1.807, 2.05) is 0 Å². The van der Waals surface area contributed by atoms with E-state index in [1.54, 1.807) is 42.2 Å². The van der Waals surface area contributed by atoms with Gasteiger partial charge in [0.2, 0.25) is 0 Å². The van der Waals surface area contributed by atoms with E-state index in [-0.39, 0.29) is 30.4 Å². The lowest BCUT2D eigenvalue weighted by Gasteiger charge is -2.36. The van der Waals surface area contributed by atoms with Gasteiger partial charge in [-0.15, -0.1) is 0 Å². The van der Waals surface area contributed by atoms with Crippen LogP contribution < -0.4 is 0 Å². The summed E-state index contributed by atoms with van der Waals surface area (Å²) >= 11 is 3.22. The minimum Gasteiger partial charge on any atom is -0.446 e. The van der Waals surface area contributed by atoms with Gasteiger partial charge in [0.1, 0.15) is 17.7 Å². The van der Waals surface area contributed by atoms with E-state index in [9.17, 15) is 13.6 Å². The van der Waals surface area contributed by atoms with Crippen molar-refractivity contribution in [3.8, 4) is 0 Å². The summed E-state index contributed by atoms with van der Waals surface area (Å²) in [5.74, 6) is -0.519. The molecule has 1 aliphatic rings. The average molecular weight is 456 g/mol. The predicted octanol–water partition coefficient (Wildman–Crippen LogP) is 5.46. The molecule has 0 spiro atoms. The average Bonchev–Trinajstić information content (AvgIpc) is 2.67. The van der Waals surface area contributed by atoms with Crippen molar-refractivity contribution in [3.05, 3.63) is 70.2 Å². The number of nitrogens with zero attached hydrogens (tertiary/aromatic N) is 1. The maximum Gasteiger partial charge on any atom is 0.410 e. The number of carbonyl (C=O) groups excluding carboxylic acids is 1. The maximum atomic E-state index is 14.0. The summed E-state index contributed by atoms with van der Waals surface area (Å²) in [7, 11) is 0. The van der Waals surface area contributed by atoms with Crippen LogP contribution in [0, 0.1) is 11.6 Å². The van der Waals surface area contributed by atoms with E-state index in [4.69, 9.17) is 9.84 Å². The molecule has 0 radical (unpaired) electrons. The molecule has 1 amide bonds. The lowest BCUT2D eigenvalue weighted by molar-refractivity contribution is 0.00723. The molecule has 1 heterocycles. The zero-order valence-electron chi connectivity index (χ0n) is 15.7. The van der Waals surface area contributed by atoms with Crippen LogP contribution >= 0.6 is 15.9 Å². The second kappa shape index (κ2) is 11.1. The molecule has 0 aliphatic carbocycles. The fourth-order valence-electron chi connectivity index (χ4n) is 2.94. The molecule has 2 aromatic carbocycles. The Kier molecular flexibility index (Phi) is 8.86. The zero-order valence-corrected chi connectivity index (χ0v) is 17.2. The highest BCUT2D eigenvalue weighted by atomic mass is 79.9. The first-order valence-electron chi connectivity index (χ1n) is 9.16. The van der Waals surface area contributed by atoms with Crippen LogP contribution in [0.2, 0.25) is 0 Å². The minimum absolute atomic E-state index is 0.0955. The van der Waals surface area contributed by atoms with E-state index in [2.05, 4.69) is 15.9 Å². The highest BCUT2D eigenvalue weighted by molar-refractivity contribution is 9.10. The molecule has 2 aromatic rings. The van der Waals surface area contributed by atoms with Crippen LogP contribution in [0.5, 0.6) is 0 Å².